The number of benzene rings is 1. The summed E-state index contributed by atoms with van der Waals surface area (Å²) in [7, 11) is 0. The summed E-state index contributed by atoms with van der Waals surface area (Å²) in [5.41, 5.74) is 2.55. The Labute approximate surface area is 155 Å². The second kappa shape index (κ2) is 9.38. The lowest BCUT2D eigenvalue weighted by atomic mass is 10.0. The van der Waals surface area contributed by atoms with Gasteiger partial charge in [-0.25, -0.2) is 4.98 Å². The Kier molecular flexibility index (Phi) is 6.66. The summed E-state index contributed by atoms with van der Waals surface area (Å²) in [6.07, 6.45) is 6.75. The predicted octanol–water partition coefficient (Wildman–Crippen LogP) is 2.62. The molecule has 140 valence electrons. The number of hydrogen-bond acceptors (Lipinski definition) is 3. The summed E-state index contributed by atoms with van der Waals surface area (Å²) >= 11 is 0. The average Bonchev–Trinajstić information content (AvgIpc) is 3.18. The maximum atomic E-state index is 6.04. The fourth-order valence-corrected chi connectivity index (χ4v) is 3.26. The molecule has 26 heavy (non-hydrogen) atoms. The summed E-state index contributed by atoms with van der Waals surface area (Å²) in [6, 6.07) is 8.47. The van der Waals surface area contributed by atoms with E-state index in [0.29, 0.717) is 0 Å². The lowest BCUT2D eigenvalue weighted by Crippen LogP contribution is -2.48. The standard InChI is InChI=1S/C20H29N5O/c1-3-22-20(23-9-6-11-24-12-10-21-16-24)25-13-14-26-19(15-25)18-8-5-4-7-17(18)2/h4-5,7-8,10,12,16,19H,3,6,9,11,13-15H2,1-2H3,(H,22,23). The van der Waals surface area contributed by atoms with Gasteiger partial charge >= 0.3 is 0 Å². The van der Waals surface area contributed by atoms with Gasteiger partial charge in [-0.05, 0) is 31.4 Å². The van der Waals surface area contributed by atoms with Gasteiger partial charge in [-0.3, -0.25) is 4.99 Å². The van der Waals surface area contributed by atoms with Gasteiger partial charge in [0, 0.05) is 38.6 Å². The minimum Gasteiger partial charge on any atom is -0.370 e. The van der Waals surface area contributed by atoms with Gasteiger partial charge in [0.25, 0.3) is 0 Å². The molecule has 0 bridgehead atoms. The van der Waals surface area contributed by atoms with Crippen molar-refractivity contribution in [3.8, 4) is 0 Å². The number of rotatable bonds is 6. The molecule has 1 aliphatic heterocycles. The molecule has 3 rings (SSSR count). The Hall–Kier alpha value is -2.34. The number of aromatic nitrogens is 2. The molecule has 1 saturated heterocycles. The third-order valence-electron chi connectivity index (χ3n) is 4.63. The van der Waals surface area contributed by atoms with Gasteiger partial charge in [-0.2, -0.15) is 0 Å². The molecule has 1 N–H and O–H groups in total. The molecule has 1 fully saturated rings. The van der Waals surface area contributed by atoms with E-state index in [9.17, 15) is 0 Å². The monoisotopic (exact) mass is 355 g/mol. The number of aryl methyl sites for hydroxylation is 2. The van der Waals surface area contributed by atoms with Crippen molar-refractivity contribution in [3.05, 3.63) is 54.1 Å². The van der Waals surface area contributed by atoms with Crippen molar-refractivity contribution in [2.45, 2.75) is 32.9 Å². The first-order chi connectivity index (χ1) is 12.8. The van der Waals surface area contributed by atoms with Crippen molar-refractivity contribution in [3.63, 3.8) is 0 Å². The van der Waals surface area contributed by atoms with Crippen LogP contribution < -0.4 is 5.32 Å². The summed E-state index contributed by atoms with van der Waals surface area (Å²) in [5, 5.41) is 3.43. The van der Waals surface area contributed by atoms with E-state index in [1.807, 2.05) is 18.7 Å². The molecule has 0 saturated carbocycles. The molecular weight excluding hydrogens is 326 g/mol. The molecule has 2 heterocycles. The van der Waals surface area contributed by atoms with E-state index >= 15 is 0 Å². The molecule has 6 heteroatoms. The second-order valence-electron chi connectivity index (χ2n) is 6.55. The highest BCUT2D eigenvalue weighted by atomic mass is 16.5. The number of hydrogen-bond donors (Lipinski definition) is 1. The fourth-order valence-electron chi connectivity index (χ4n) is 3.26. The third-order valence-corrected chi connectivity index (χ3v) is 4.63. The molecule has 1 aromatic heterocycles. The zero-order valence-electron chi connectivity index (χ0n) is 15.8. The van der Waals surface area contributed by atoms with Crippen LogP contribution >= 0.6 is 0 Å². The molecule has 1 aliphatic rings. The van der Waals surface area contributed by atoms with Crippen molar-refractivity contribution in [2.75, 3.05) is 32.8 Å². The Morgan fingerprint density at radius 2 is 2.27 bits per heavy atom. The topological polar surface area (TPSA) is 54.7 Å². The number of nitrogens with zero attached hydrogens (tertiary/aromatic N) is 4. The quantitative estimate of drug-likeness (QED) is 0.492. The van der Waals surface area contributed by atoms with Crippen LogP contribution in [0.4, 0.5) is 0 Å². The van der Waals surface area contributed by atoms with Gasteiger partial charge in [0.1, 0.15) is 6.10 Å². The Bertz CT molecular complexity index is 698. The largest absolute Gasteiger partial charge is 0.370 e. The van der Waals surface area contributed by atoms with Crippen molar-refractivity contribution < 1.29 is 4.74 Å². The minimum absolute atomic E-state index is 0.0970. The van der Waals surface area contributed by atoms with Gasteiger partial charge < -0.3 is 19.5 Å². The molecule has 2 aromatic rings. The van der Waals surface area contributed by atoms with Crippen molar-refractivity contribution in [2.24, 2.45) is 4.99 Å². The Balaban J connectivity index is 1.61. The first-order valence-corrected chi connectivity index (χ1v) is 9.44. The minimum atomic E-state index is 0.0970. The van der Waals surface area contributed by atoms with Crippen LogP contribution in [0.2, 0.25) is 0 Å². The summed E-state index contributed by atoms with van der Waals surface area (Å²) < 4.78 is 8.13. The van der Waals surface area contributed by atoms with Crippen molar-refractivity contribution in [1.82, 2.24) is 19.8 Å². The number of ether oxygens (including phenoxy) is 1. The average molecular weight is 355 g/mol. The van der Waals surface area contributed by atoms with Crippen LogP contribution in [0.25, 0.3) is 0 Å². The van der Waals surface area contributed by atoms with E-state index in [-0.39, 0.29) is 6.10 Å². The number of guanidine groups is 1. The van der Waals surface area contributed by atoms with E-state index in [1.54, 1.807) is 0 Å². The van der Waals surface area contributed by atoms with Gasteiger partial charge in [0.05, 0.1) is 19.5 Å². The third kappa shape index (κ3) is 4.85. The maximum Gasteiger partial charge on any atom is 0.194 e. The van der Waals surface area contributed by atoms with Crippen LogP contribution in [0.1, 0.15) is 30.6 Å². The highest BCUT2D eigenvalue weighted by Gasteiger charge is 2.24. The molecule has 1 atom stereocenters. The van der Waals surface area contributed by atoms with Crippen LogP contribution in [0.5, 0.6) is 0 Å². The lowest BCUT2D eigenvalue weighted by molar-refractivity contribution is -0.00832. The molecular formula is C20H29N5O. The van der Waals surface area contributed by atoms with Crippen LogP contribution in [0, 0.1) is 6.92 Å². The number of imidazole rings is 1. The molecule has 1 aromatic carbocycles. The van der Waals surface area contributed by atoms with Crippen LogP contribution in [0.15, 0.2) is 48.0 Å². The van der Waals surface area contributed by atoms with E-state index < -0.39 is 0 Å². The fraction of sp³-hybridized carbons (Fsp3) is 0.500. The Morgan fingerprint density at radius 1 is 1.38 bits per heavy atom. The summed E-state index contributed by atoms with van der Waals surface area (Å²) in [4.78, 5) is 11.2. The number of aliphatic imine (C=N–C) groups is 1. The van der Waals surface area contributed by atoms with Crippen LogP contribution in [0.3, 0.4) is 0 Å². The van der Waals surface area contributed by atoms with Crippen LogP contribution in [-0.4, -0.2) is 53.2 Å². The zero-order chi connectivity index (χ0) is 18.2. The molecule has 6 nitrogen and oxygen atoms in total. The maximum absolute atomic E-state index is 6.04. The first-order valence-electron chi connectivity index (χ1n) is 9.44. The van der Waals surface area contributed by atoms with Gasteiger partial charge in [-0.15, -0.1) is 0 Å². The highest BCUT2D eigenvalue weighted by Crippen LogP contribution is 2.24. The second-order valence-corrected chi connectivity index (χ2v) is 6.55. The molecule has 0 aliphatic carbocycles. The summed E-state index contributed by atoms with van der Waals surface area (Å²) in [5.74, 6) is 0.986. The van der Waals surface area contributed by atoms with Gasteiger partial charge in [-0.1, -0.05) is 24.3 Å². The zero-order valence-corrected chi connectivity index (χ0v) is 15.8. The molecule has 0 amide bonds. The van der Waals surface area contributed by atoms with Crippen molar-refractivity contribution in [1.29, 1.82) is 0 Å². The van der Waals surface area contributed by atoms with E-state index in [0.717, 1.165) is 51.7 Å². The van der Waals surface area contributed by atoms with Crippen LogP contribution in [-0.2, 0) is 11.3 Å². The molecule has 0 radical (unpaired) electrons. The summed E-state index contributed by atoms with van der Waals surface area (Å²) in [6.45, 7) is 9.29. The normalized spacial score (nSPS) is 18.2. The predicted molar refractivity (Wildman–Crippen MR) is 104 cm³/mol. The molecule has 0 spiro atoms. The van der Waals surface area contributed by atoms with E-state index in [2.05, 4.69) is 57.9 Å². The van der Waals surface area contributed by atoms with E-state index in [4.69, 9.17) is 9.73 Å². The lowest BCUT2D eigenvalue weighted by Gasteiger charge is -2.35. The molecule has 1 unspecified atom stereocenters. The first kappa shape index (κ1) is 18.5. The van der Waals surface area contributed by atoms with Gasteiger partial charge in [0.15, 0.2) is 5.96 Å². The van der Waals surface area contributed by atoms with Crippen molar-refractivity contribution >= 4 is 5.96 Å². The smallest absolute Gasteiger partial charge is 0.194 e. The highest BCUT2D eigenvalue weighted by molar-refractivity contribution is 5.80. The van der Waals surface area contributed by atoms with Gasteiger partial charge in [0.2, 0.25) is 0 Å². The SMILES string of the molecule is CCNC(=NCCCn1ccnc1)N1CCOC(c2ccccc2C)C1. The number of nitrogens with one attached hydrogen (secondary N) is 1. The van der Waals surface area contributed by atoms with E-state index in [1.165, 1.54) is 11.1 Å². The number of morpholine rings is 1. The Morgan fingerprint density at radius 3 is 3.04 bits per heavy atom.